The molecule has 2 heterocycles. The van der Waals surface area contributed by atoms with E-state index in [9.17, 15) is 19.5 Å². The number of carbonyl (C=O) groups is 3. The lowest BCUT2D eigenvalue weighted by Gasteiger charge is -2.35. The second kappa shape index (κ2) is 11.3. The molecule has 2 unspecified atom stereocenters. The summed E-state index contributed by atoms with van der Waals surface area (Å²) in [7, 11) is 0. The maximum Gasteiger partial charge on any atom is 0.411 e. The van der Waals surface area contributed by atoms with E-state index in [4.69, 9.17) is 37.4 Å². The van der Waals surface area contributed by atoms with Gasteiger partial charge in [0.1, 0.15) is 24.1 Å². The van der Waals surface area contributed by atoms with Gasteiger partial charge in [-0.15, -0.1) is 0 Å². The Hall–Kier alpha value is -3.95. The molecule has 11 heteroatoms. The van der Waals surface area contributed by atoms with Gasteiger partial charge in [-0.2, -0.15) is 0 Å². The summed E-state index contributed by atoms with van der Waals surface area (Å²) in [5.41, 5.74) is 3.36. The molecule has 2 atom stereocenters. The number of rotatable bonds is 6. The number of nitrogens with one attached hydrogen (secondary N) is 1. The molecule has 2 aliphatic heterocycles. The molecule has 208 valence electrons. The molecule has 40 heavy (non-hydrogen) atoms. The zero-order chi connectivity index (χ0) is 28.6. The van der Waals surface area contributed by atoms with Crippen LogP contribution in [-0.4, -0.2) is 40.1 Å². The smallest absolute Gasteiger partial charge is 0.411 e. The predicted octanol–water partition coefficient (Wildman–Crippen LogP) is 6.00. The standard InChI is InChI=1S/C29H26Cl2N2O7/c1-15(2)39-29(37)33-13-19-12-25-23(10-18(19)11-24(33)28(35)36)32-27(34)26(40-25)17-4-6-20(7-5-17)38-14-16-3-8-21(30)22(31)9-16/h3-10,12,15,24,26H,11,13-14H2,1-2H3,(H,32,34)(H,35,36). The molecule has 0 fully saturated rings. The number of amides is 2. The zero-order valence-electron chi connectivity index (χ0n) is 21.6. The lowest BCUT2D eigenvalue weighted by molar-refractivity contribution is -0.143. The van der Waals surface area contributed by atoms with Crippen molar-refractivity contribution in [3.05, 3.63) is 86.9 Å². The monoisotopic (exact) mass is 584 g/mol. The Morgan fingerprint density at radius 2 is 1.82 bits per heavy atom. The van der Waals surface area contributed by atoms with Crippen LogP contribution in [0.1, 0.15) is 42.2 Å². The molecule has 5 rings (SSSR count). The molecule has 0 saturated carbocycles. The summed E-state index contributed by atoms with van der Waals surface area (Å²) in [6.45, 7) is 3.73. The Kier molecular flexibility index (Phi) is 7.78. The van der Waals surface area contributed by atoms with Gasteiger partial charge in [0.05, 0.1) is 28.4 Å². The van der Waals surface area contributed by atoms with Crippen LogP contribution in [0.2, 0.25) is 10.0 Å². The molecule has 0 radical (unpaired) electrons. The molecule has 0 aromatic heterocycles. The average molecular weight is 585 g/mol. The fourth-order valence-corrected chi connectivity index (χ4v) is 4.95. The van der Waals surface area contributed by atoms with Crippen molar-refractivity contribution in [2.75, 3.05) is 5.32 Å². The molecule has 9 nitrogen and oxygen atoms in total. The van der Waals surface area contributed by atoms with Gasteiger partial charge in [0, 0.05) is 12.0 Å². The first-order valence-electron chi connectivity index (χ1n) is 12.6. The normalized spacial score (nSPS) is 17.8. The number of halogens is 2. The second-order valence-corrected chi connectivity index (χ2v) is 10.6. The third kappa shape index (κ3) is 5.80. The molecule has 2 aliphatic rings. The first-order valence-corrected chi connectivity index (χ1v) is 13.3. The Labute approximate surface area is 240 Å². The topological polar surface area (TPSA) is 114 Å². The highest BCUT2D eigenvalue weighted by Crippen LogP contribution is 2.40. The van der Waals surface area contributed by atoms with Crippen LogP contribution in [0, 0.1) is 0 Å². The number of fused-ring (bicyclic) bond motifs is 2. The molecule has 2 amide bonds. The van der Waals surface area contributed by atoms with Crippen LogP contribution in [-0.2, 0) is 33.9 Å². The Morgan fingerprint density at radius 1 is 1.07 bits per heavy atom. The first kappa shape index (κ1) is 27.6. The Morgan fingerprint density at radius 3 is 2.50 bits per heavy atom. The van der Waals surface area contributed by atoms with E-state index in [-0.39, 0.29) is 25.0 Å². The quantitative estimate of drug-likeness (QED) is 0.365. The number of hydrogen-bond acceptors (Lipinski definition) is 6. The summed E-state index contributed by atoms with van der Waals surface area (Å²) >= 11 is 12.0. The van der Waals surface area contributed by atoms with E-state index in [1.165, 1.54) is 4.90 Å². The van der Waals surface area contributed by atoms with Crippen molar-refractivity contribution in [2.24, 2.45) is 0 Å². The van der Waals surface area contributed by atoms with Crippen LogP contribution >= 0.6 is 23.2 Å². The minimum absolute atomic E-state index is 0.0397. The highest BCUT2D eigenvalue weighted by atomic mass is 35.5. The van der Waals surface area contributed by atoms with Crippen LogP contribution in [0.4, 0.5) is 10.5 Å². The van der Waals surface area contributed by atoms with Crippen molar-refractivity contribution in [1.82, 2.24) is 4.90 Å². The number of anilines is 1. The number of carboxylic acids is 1. The summed E-state index contributed by atoms with van der Waals surface area (Å²) in [6, 6.07) is 14.6. The zero-order valence-corrected chi connectivity index (χ0v) is 23.2. The van der Waals surface area contributed by atoms with E-state index >= 15 is 0 Å². The average Bonchev–Trinajstić information content (AvgIpc) is 2.91. The number of ether oxygens (including phenoxy) is 3. The molecule has 3 aromatic rings. The highest BCUT2D eigenvalue weighted by Gasteiger charge is 2.38. The van der Waals surface area contributed by atoms with Crippen molar-refractivity contribution in [3.63, 3.8) is 0 Å². The molecular formula is C29H26Cl2N2O7. The van der Waals surface area contributed by atoms with Crippen LogP contribution in [0.3, 0.4) is 0 Å². The number of hydrogen-bond donors (Lipinski definition) is 2. The highest BCUT2D eigenvalue weighted by molar-refractivity contribution is 6.42. The van der Waals surface area contributed by atoms with Crippen LogP contribution in [0.5, 0.6) is 11.5 Å². The maximum absolute atomic E-state index is 12.9. The minimum Gasteiger partial charge on any atom is -0.489 e. The lowest BCUT2D eigenvalue weighted by Crippen LogP contribution is -2.49. The predicted molar refractivity (Wildman–Crippen MR) is 148 cm³/mol. The van der Waals surface area contributed by atoms with Gasteiger partial charge in [-0.3, -0.25) is 9.69 Å². The van der Waals surface area contributed by atoms with Gasteiger partial charge >= 0.3 is 12.1 Å². The van der Waals surface area contributed by atoms with Gasteiger partial charge in [-0.25, -0.2) is 9.59 Å². The van der Waals surface area contributed by atoms with Gasteiger partial charge in [0.25, 0.3) is 5.91 Å². The van der Waals surface area contributed by atoms with E-state index < -0.39 is 24.2 Å². The van der Waals surface area contributed by atoms with Crippen molar-refractivity contribution < 1.29 is 33.7 Å². The molecule has 0 aliphatic carbocycles. The van der Waals surface area contributed by atoms with E-state index in [1.54, 1.807) is 62.4 Å². The number of benzene rings is 3. The van der Waals surface area contributed by atoms with Gasteiger partial charge < -0.3 is 24.6 Å². The minimum atomic E-state index is -1.13. The fourth-order valence-electron chi connectivity index (χ4n) is 4.63. The maximum atomic E-state index is 12.9. The van der Waals surface area contributed by atoms with Crippen molar-refractivity contribution in [1.29, 1.82) is 0 Å². The summed E-state index contributed by atoms with van der Waals surface area (Å²) < 4.78 is 17.2. The number of aliphatic carboxylic acids is 1. The van der Waals surface area contributed by atoms with E-state index in [1.807, 2.05) is 6.07 Å². The number of carboxylic acid groups (broad SMARTS) is 1. The van der Waals surface area contributed by atoms with Crippen molar-refractivity contribution >= 4 is 46.9 Å². The Balaban J connectivity index is 1.31. The number of nitrogens with zero attached hydrogens (tertiary/aromatic N) is 1. The van der Waals surface area contributed by atoms with Crippen molar-refractivity contribution in [3.8, 4) is 11.5 Å². The van der Waals surface area contributed by atoms with Crippen molar-refractivity contribution in [2.45, 2.75) is 51.7 Å². The van der Waals surface area contributed by atoms with Gasteiger partial charge in [0.2, 0.25) is 6.10 Å². The lowest BCUT2D eigenvalue weighted by atomic mass is 9.92. The second-order valence-electron chi connectivity index (χ2n) is 9.83. The number of carbonyl (C=O) groups excluding carboxylic acids is 2. The van der Waals surface area contributed by atoms with Gasteiger partial charge in [0.15, 0.2) is 0 Å². The molecule has 3 aromatic carbocycles. The molecular weight excluding hydrogens is 559 g/mol. The van der Waals surface area contributed by atoms with E-state index in [0.29, 0.717) is 45.0 Å². The molecule has 0 saturated heterocycles. The Bertz CT molecular complexity index is 1480. The van der Waals surface area contributed by atoms with Gasteiger partial charge in [-0.1, -0.05) is 41.4 Å². The fraction of sp³-hybridized carbons (Fsp3) is 0.276. The van der Waals surface area contributed by atoms with Crippen LogP contribution < -0.4 is 14.8 Å². The summed E-state index contributed by atoms with van der Waals surface area (Å²) in [4.78, 5) is 38.7. The van der Waals surface area contributed by atoms with Gasteiger partial charge in [-0.05, 0) is 66.9 Å². The summed E-state index contributed by atoms with van der Waals surface area (Å²) in [5, 5.41) is 13.5. The third-order valence-electron chi connectivity index (χ3n) is 6.60. The largest absolute Gasteiger partial charge is 0.489 e. The molecule has 0 spiro atoms. The molecule has 0 bridgehead atoms. The third-order valence-corrected chi connectivity index (χ3v) is 7.34. The van der Waals surface area contributed by atoms with Crippen LogP contribution in [0.15, 0.2) is 54.6 Å². The first-order chi connectivity index (χ1) is 19.1. The molecule has 2 N–H and O–H groups in total. The SMILES string of the molecule is CC(C)OC(=O)N1Cc2cc3c(cc2CC1C(=O)O)NC(=O)C(c1ccc(OCc2ccc(Cl)c(Cl)c2)cc1)O3. The van der Waals surface area contributed by atoms with E-state index in [0.717, 1.165) is 11.1 Å². The summed E-state index contributed by atoms with van der Waals surface area (Å²) in [6.07, 6.45) is -1.92. The van der Waals surface area contributed by atoms with Crippen LogP contribution in [0.25, 0.3) is 0 Å². The summed E-state index contributed by atoms with van der Waals surface area (Å²) in [5.74, 6) is -0.463. The van der Waals surface area contributed by atoms with E-state index in [2.05, 4.69) is 5.32 Å².